The van der Waals surface area contributed by atoms with Crippen molar-refractivity contribution >= 4 is 27.5 Å². The summed E-state index contributed by atoms with van der Waals surface area (Å²) in [4.78, 5) is 16.5. The molecule has 8 heteroatoms. The van der Waals surface area contributed by atoms with Crippen molar-refractivity contribution in [2.45, 2.75) is 69.4 Å². The van der Waals surface area contributed by atoms with Gasteiger partial charge in [-0.3, -0.25) is 9.88 Å². The number of fused-ring (bicyclic) bond motifs is 3. The summed E-state index contributed by atoms with van der Waals surface area (Å²) in [5, 5.41) is 16.1. The van der Waals surface area contributed by atoms with Gasteiger partial charge in [-0.25, -0.2) is 4.39 Å². The maximum Gasteiger partial charge on any atom is 0.319 e. The van der Waals surface area contributed by atoms with Crippen molar-refractivity contribution in [3.8, 4) is 23.0 Å². The molecule has 3 aliphatic rings. The molecule has 3 fully saturated rings. The zero-order chi connectivity index (χ0) is 26.4. The van der Waals surface area contributed by atoms with Gasteiger partial charge in [-0.05, 0) is 74.5 Å². The number of pyridine rings is 1. The van der Waals surface area contributed by atoms with E-state index in [4.69, 9.17) is 9.72 Å². The molecule has 1 aliphatic carbocycles. The molecule has 2 N–H and O–H groups in total. The van der Waals surface area contributed by atoms with Gasteiger partial charge in [0, 0.05) is 17.8 Å². The number of halogens is 1. The molecule has 4 aromatic rings. The number of anilines is 1. The summed E-state index contributed by atoms with van der Waals surface area (Å²) in [5.74, 6) is 0.102. The lowest BCUT2D eigenvalue weighted by Crippen LogP contribution is -2.43. The van der Waals surface area contributed by atoms with Crippen LogP contribution in [0.5, 0.6) is 11.8 Å². The number of nitrogens with zero attached hydrogens (tertiary/aromatic N) is 4. The first-order chi connectivity index (χ1) is 19.1. The number of hydrogen-bond acceptors (Lipinski definition) is 7. The summed E-state index contributed by atoms with van der Waals surface area (Å²) in [7, 11) is 0. The Morgan fingerprint density at radius 1 is 1.00 bits per heavy atom. The van der Waals surface area contributed by atoms with E-state index in [2.05, 4.69) is 20.2 Å². The Morgan fingerprint density at radius 2 is 1.79 bits per heavy atom. The zero-order valence-corrected chi connectivity index (χ0v) is 22.1. The highest BCUT2D eigenvalue weighted by Crippen LogP contribution is 2.40. The van der Waals surface area contributed by atoms with Gasteiger partial charge in [-0.15, -0.1) is 0 Å². The van der Waals surface area contributed by atoms with Crippen molar-refractivity contribution in [1.29, 1.82) is 0 Å². The van der Waals surface area contributed by atoms with E-state index >= 15 is 4.39 Å². The number of rotatable bonds is 6. The average Bonchev–Trinajstić information content (AvgIpc) is 3.53. The van der Waals surface area contributed by atoms with Gasteiger partial charge in [-0.1, -0.05) is 43.5 Å². The van der Waals surface area contributed by atoms with Gasteiger partial charge in [0.05, 0.1) is 10.9 Å². The Balaban J connectivity index is 1.32. The van der Waals surface area contributed by atoms with Crippen LogP contribution in [-0.2, 0) is 0 Å². The maximum atomic E-state index is 16.4. The van der Waals surface area contributed by atoms with Crippen molar-refractivity contribution in [3.05, 3.63) is 48.4 Å². The molecule has 1 saturated carbocycles. The van der Waals surface area contributed by atoms with Crippen molar-refractivity contribution in [1.82, 2.24) is 19.9 Å². The Hall–Kier alpha value is -3.52. The molecule has 2 aromatic carbocycles. The minimum absolute atomic E-state index is 0.0394. The SMILES string of the molecule is Oc1cc(-c2ncc3c(NC4CCCCC4)nc(OCC45CCCN4CCC5)nc3c2F)c2ccccc2c1. The number of ether oxygens (including phenoxy) is 1. The third kappa shape index (κ3) is 4.44. The fourth-order valence-corrected chi connectivity index (χ4v) is 6.99. The van der Waals surface area contributed by atoms with E-state index in [1.54, 1.807) is 18.3 Å². The van der Waals surface area contributed by atoms with Crippen LogP contribution in [-0.4, -0.2) is 56.2 Å². The largest absolute Gasteiger partial charge is 0.508 e. The van der Waals surface area contributed by atoms with Crippen LogP contribution in [0.1, 0.15) is 57.8 Å². The first kappa shape index (κ1) is 24.5. The summed E-state index contributed by atoms with van der Waals surface area (Å²) in [5.41, 5.74) is 0.902. The van der Waals surface area contributed by atoms with Gasteiger partial charge in [-0.2, -0.15) is 9.97 Å². The van der Waals surface area contributed by atoms with Crippen LogP contribution >= 0.6 is 0 Å². The minimum Gasteiger partial charge on any atom is -0.508 e. The molecule has 0 spiro atoms. The molecule has 0 atom stereocenters. The fourth-order valence-electron chi connectivity index (χ4n) is 6.99. The van der Waals surface area contributed by atoms with Crippen LogP contribution in [0.15, 0.2) is 42.6 Å². The van der Waals surface area contributed by atoms with Gasteiger partial charge in [0.1, 0.15) is 29.4 Å². The molecule has 7 nitrogen and oxygen atoms in total. The van der Waals surface area contributed by atoms with E-state index in [-0.39, 0.29) is 34.6 Å². The van der Waals surface area contributed by atoms with Crippen LogP contribution in [0.3, 0.4) is 0 Å². The molecule has 4 heterocycles. The van der Waals surface area contributed by atoms with Crippen molar-refractivity contribution in [2.24, 2.45) is 0 Å². The van der Waals surface area contributed by atoms with Crippen LogP contribution in [0.2, 0.25) is 0 Å². The third-order valence-electron chi connectivity index (χ3n) is 8.99. The van der Waals surface area contributed by atoms with E-state index in [0.717, 1.165) is 49.5 Å². The molecule has 7 rings (SSSR count). The Labute approximate surface area is 227 Å². The van der Waals surface area contributed by atoms with Crippen molar-refractivity contribution in [3.63, 3.8) is 0 Å². The van der Waals surface area contributed by atoms with E-state index in [1.165, 1.54) is 32.1 Å². The second-order valence-electron chi connectivity index (χ2n) is 11.4. The lowest BCUT2D eigenvalue weighted by molar-refractivity contribution is 0.108. The van der Waals surface area contributed by atoms with E-state index in [0.29, 0.717) is 23.4 Å². The van der Waals surface area contributed by atoms with E-state index in [9.17, 15) is 5.11 Å². The minimum atomic E-state index is -0.538. The molecule has 0 unspecified atom stereocenters. The monoisotopic (exact) mass is 527 g/mol. The molecule has 0 bridgehead atoms. The number of aromatic hydroxyl groups is 1. The Morgan fingerprint density at radius 3 is 2.62 bits per heavy atom. The molecule has 0 amide bonds. The number of benzene rings is 2. The molecule has 39 heavy (non-hydrogen) atoms. The zero-order valence-electron chi connectivity index (χ0n) is 22.1. The first-order valence-electron chi connectivity index (χ1n) is 14.3. The summed E-state index contributed by atoms with van der Waals surface area (Å²) >= 11 is 0. The van der Waals surface area contributed by atoms with Gasteiger partial charge < -0.3 is 15.2 Å². The predicted molar refractivity (Wildman–Crippen MR) is 151 cm³/mol. The molecule has 0 radical (unpaired) electrons. The maximum absolute atomic E-state index is 16.4. The Bertz CT molecular complexity index is 1530. The van der Waals surface area contributed by atoms with Crippen molar-refractivity contribution < 1.29 is 14.2 Å². The molecular formula is C31H34FN5O2. The quantitative estimate of drug-likeness (QED) is 0.298. The van der Waals surface area contributed by atoms with Crippen LogP contribution in [0, 0.1) is 5.82 Å². The standard InChI is InChI=1S/C31H34FN5O2/c32-26-27(24-17-22(38)16-20-8-4-5-11-23(20)24)33-18-25-28(26)35-30(36-29(25)34-21-9-2-1-3-10-21)39-19-31-12-6-14-37(31)15-7-13-31/h4-5,8,11,16-18,21,38H,1-3,6-7,9-10,12-15,19H2,(H,34,35,36). The summed E-state index contributed by atoms with van der Waals surface area (Å²) in [6, 6.07) is 11.3. The number of phenolic OH excluding ortho intramolecular Hbond substituents is 1. The highest BCUT2D eigenvalue weighted by Gasteiger charge is 2.45. The van der Waals surface area contributed by atoms with E-state index < -0.39 is 5.82 Å². The number of nitrogens with one attached hydrogen (secondary N) is 1. The predicted octanol–water partition coefficient (Wildman–Crippen LogP) is 6.44. The molecule has 2 aromatic heterocycles. The van der Waals surface area contributed by atoms with Crippen LogP contribution in [0.4, 0.5) is 10.2 Å². The average molecular weight is 528 g/mol. The van der Waals surface area contributed by atoms with Crippen molar-refractivity contribution in [2.75, 3.05) is 25.0 Å². The van der Waals surface area contributed by atoms with Gasteiger partial charge in [0.25, 0.3) is 0 Å². The fraction of sp³-hybridized carbons (Fsp3) is 0.452. The summed E-state index contributed by atoms with van der Waals surface area (Å²) in [6.07, 6.45) is 11.9. The van der Waals surface area contributed by atoms with Gasteiger partial charge in [0.15, 0.2) is 5.82 Å². The van der Waals surface area contributed by atoms with Crippen LogP contribution in [0.25, 0.3) is 32.9 Å². The first-order valence-corrected chi connectivity index (χ1v) is 14.3. The summed E-state index contributed by atoms with van der Waals surface area (Å²) < 4.78 is 22.7. The topological polar surface area (TPSA) is 83.4 Å². The number of aromatic nitrogens is 3. The second kappa shape index (κ2) is 9.90. The van der Waals surface area contributed by atoms with Crippen LogP contribution < -0.4 is 10.1 Å². The smallest absolute Gasteiger partial charge is 0.319 e. The molecular weight excluding hydrogens is 493 g/mol. The molecule has 2 aliphatic heterocycles. The van der Waals surface area contributed by atoms with Gasteiger partial charge in [0.2, 0.25) is 0 Å². The second-order valence-corrected chi connectivity index (χ2v) is 11.4. The molecule has 202 valence electrons. The number of hydrogen-bond donors (Lipinski definition) is 2. The van der Waals surface area contributed by atoms with Gasteiger partial charge >= 0.3 is 6.01 Å². The third-order valence-corrected chi connectivity index (χ3v) is 8.99. The van der Waals surface area contributed by atoms with E-state index in [1.807, 2.05) is 24.3 Å². The lowest BCUT2D eigenvalue weighted by atomic mass is 9.95. The highest BCUT2D eigenvalue weighted by atomic mass is 19.1. The lowest BCUT2D eigenvalue weighted by Gasteiger charge is -2.31. The normalized spacial score (nSPS) is 19.5. The Kier molecular flexibility index (Phi) is 6.22. The molecule has 2 saturated heterocycles. The number of phenols is 1. The summed E-state index contributed by atoms with van der Waals surface area (Å²) in [6.45, 7) is 2.73. The highest BCUT2D eigenvalue weighted by molar-refractivity contribution is 5.99.